The predicted octanol–water partition coefficient (Wildman–Crippen LogP) is 3.51. The minimum Gasteiger partial charge on any atom is -0.294 e. The first-order valence-electron chi connectivity index (χ1n) is 8.86. The Kier molecular flexibility index (Phi) is 5.46. The van der Waals surface area contributed by atoms with Crippen LogP contribution in [0.4, 0.5) is 4.39 Å². The SMILES string of the molecule is Cc1ccc(S(=O)(=O)N2CCN(C(C)c3cccc(F)c3)CC2)cc1C. The Balaban J connectivity index is 1.70. The average Bonchev–Trinajstić information content (AvgIpc) is 2.63. The Morgan fingerprint density at radius 3 is 2.27 bits per heavy atom. The zero-order chi connectivity index (χ0) is 18.9. The number of hydrogen-bond acceptors (Lipinski definition) is 3. The van der Waals surface area contributed by atoms with Gasteiger partial charge in [-0.3, -0.25) is 4.90 Å². The minimum atomic E-state index is -3.48. The topological polar surface area (TPSA) is 40.6 Å². The van der Waals surface area contributed by atoms with E-state index < -0.39 is 10.0 Å². The zero-order valence-corrected chi connectivity index (χ0v) is 16.3. The van der Waals surface area contributed by atoms with Gasteiger partial charge in [0.2, 0.25) is 10.0 Å². The third kappa shape index (κ3) is 3.82. The lowest BCUT2D eigenvalue weighted by atomic mass is 10.1. The fraction of sp³-hybridized carbons (Fsp3) is 0.400. The summed E-state index contributed by atoms with van der Waals surface area (Å²) in [5.74, 6) is -0.245. The van der Waals surface area contributed by atoms with Gasteiger partial charge in [-0.2, -0.15) is 4.31 Å². The number of hydrogen-bond donors (Lipinski definition) is 0. The molecule has 3 rings (SSSR count). The molecule has 2 aromatic carbocycles. The summed E-state index contributed by atoms with van der Waals surface area (Å²) in [5.41, 5.74) is 2.97. The van der Waals surface area contributed by atoms with Crippen molar-refractivity contribution >= 4 is 10.0 Å². The van der Waals surface area contributed by atoms with Gasteiger partial charge in [-0.25, -0.2) is 12.8 Å². The quantitative estimate of drug-likeness (QED) is 0.820. The van der Waals surface area contributed by atoms with E-state index in [0.717, 1.165) is 16.7 Å². The van der Waals surface area contributed by atoms with Crippen molar-refractivity contribution in [2.24, 2.45) is 0 Å². The normalized spacial score (nSPS) is 18.0. The van der Waals surface area contributed by atoms with E-state index in [1.807, 2.05) is 32.9 Å². The first kappa shape index (κ1) is 19.0. The van der Waals surface area contributed by atoms with Crippen LogP contribution in [-0.4, -0.2) is 43.8 Å². The summed E-state index contributed by atoms with van der Waals surface area (Å²) >= 11 is 0. The molecule has 1 fully saturated rings. The lowest BCUT2D eigenvalue weighted by Gasteiger charge is -2.37. The molecule has 0 radical (unpaired) electrons. The van der Waals surface area contributed by atoms with Gasteiger partial charge in [0.15, 0.2) is 0 Å². The fourth-order valence-corrected chi connectivity index (χ4v) is 4.84. The first-order chi connectivity index (χ1) is 12.3. The fourth-order valence-electron chi connectivity index (χ4n) is 3.33. The molecule has 1 unspecified atom stereocenters. The summed E-state index contributed by atoms with van der Waals surface area (Å²) in [5, 5.41) is 0. The van der Waals surface area contributed by atoms with Crippen LogP contribution in [0.5, 0.6) is 0 Å². The molecule has 0 spiro atoms. The molecule has 1 saturated heterocycles. The van der Waals surface area contributed by atoms with Gasteiger partial charge in [0.1, 0.15) is 5.82 Å². The maximum Gasteiger partial charge on any atom is 0.243 e. The van der Waals surface area contributed by atoms with Crippen molar-refractivity contribution in [2.45, 2.75) is 31.7 Å². The summed E-state index contributed by atoms with van der Waals surface area (Å²) in [6, 6.07) is 11.9. The van der Waals surface area contributed by atoms with Crippen LogP contribution in [0.2, 0.25) is 0 Å². The Morgan fingerprint density at radius 1 is 0.962 bits per heavy atom. The largest absolute Gasteiger partial charge is 0.294 e. The lowest BCUT2D eigenvalue weighted by Crippen LogP contribution is -2.49. The summed E-state index contributed by atoms with van der Waals surface area (Å²) in [7, 11) is -3.48. The molecular weight excluding hydrogens is 351 g/mol. The van der Waals surface area contributed by atoms with E-state index in [0.29, 0.717) is 31.1 Å². The van der Waals surface area contributed by atoms with Crippen LogP contribution in [0.15, 0.2) is 47.4 Å². The molecule has 1 aliphatic rings. The molecule has 140 valence electrons. The van der Waals surface area contributed by atoms with Gasteiger partial charge in [0, 0.05) is 32.2 Å². The van der Waals surface area contributed by atoms with E-state index in [4.69, 9.17) is 0 Å². The number of nitrogens with zero attached hydrogens (tertiary/aromatic N) is 2. The second-order valence-electron chi connectivity index (χ2n) is 6.92. The summed E-state index contributed by atoms with van der Waals surface area (Å²) < 4.78 is 40.8. The van der Waals surface area contributed by atoms with Crippen molar-refractivity contribution in [2.75, 3.05) is 26.2 Å². The van der Waals surface area contributed by atoms with Crippen LogP contribution in [-0.2, 0) is 10.0 Å². The van der Waals surface area contributed by atoms with E-state index in [-0.39, 0.29) is 11.9 Å². The second-order valence-corrected chi connectivity index (χ2v) is 8.86. The van der Waals surface area contributed by atoms with E-state index in [2.05, 4.69) is 4.90 Å². The molecule has 0 aliphatic carbocycles. The highest BCUT2D eigenvalue weighted by Crippen LogP contribution is 2.25. The average molecular weight is 376 g/mol. The molecule has 0 aromatic heterocycles. The van der Waals surface area contributed by atoms with Crippen molar-refractivity contribution in [1.29, 1.82) is 0 Å². The zero-order valence-electron chi connectivity index (χ0n) is 15.4. The summed E-state index contributed by atoms with van der Waals surface area (Å²) in [6.45, 7) is 8.06. The monoisotopic (exact) mass is 376 g/mol. The van der Waals surface area contributed by atoms with Gasteiger partial charge in [-0.05, 0) is 61.7 Å². The molecule has 26 heavy (non-hydrogen) atoms. The van der Waals surface area contributed by atoms with Gasteiger partial charge in [-0.1, -0.05) is 18.2 Å². The number of halogens is 1. The minimum absolute atomic E-state index is 0.0529. The highest BCUT2D eigenvalue weighted by atomic mass is 32.2. The molecule has 2 aromatic rings. The molecule has 1 atom stereocenters. The molecular formula is C20H25FN2O2S. The van der Waals surface area contributed by atoms with Crippen molar-refractivity contribution in [3.63, 3.8) is 0 Å². The van der Waals surface area contributed by atoms with E-state index in [9.17, 15) is 12.8 Å². The van der Waals surface area contributed by atoms with Crippen molar-refractivity contribution < 1.29 is 12.8 Å². The number of rotatable bonds is 4. The maximum atomic E-state index is 13.5. The third-order valence-electron chi connectivity index (χ3n) is 5.27. The number of piperazine rings is 1. The van der Waals surface area contributed by atoms with Crippen LogP contribution >= 0.6 is 0 Å². The third-order valence-corrected chi connectivity index (χ3v) is 7.16. The summed E-state index contributed by atoms with van der Waals surface area (Å²) in [4.78, 5) is 2.55. The van der Waals surface area contributed by atoms with Crippen LogP contribution in [0, 0.1) is 19.7 Å². The Bertz CT molecular complexity index is 890. The molecule has 6 heteroatoms. The number of benzene rings is 2. The van der Waals surface area contributed by atoms with Crippen molar-refractivity contribution in [3.8, 4) is 0 Å². The van der Waals surface area contributed by atoms with Gasteiger partial charge < -0.3 is 0 Å². The molecule has 0 bridgehead atoms. The molecule has 0 N–H and O–H groups in total. The van der Waals surface area contributed by atoms with Gasteiger partial charge in [0.25, 0.3) is 0 Å². The van der Waals surface area contributed by atoms with E-state index >= 15 is 0 Å². The van der Waals surface area contributed by atoms with Gasteiger partial charge in [-0.15, -0.1) is 0 Å². The first-order valence-corrected chi connectivity index (χ1v) is 10.3. The Hall–Kier alpha value is -1.76. The molecule has 1 aliphatic heterocycles. The molecule has 4 nitrogen and oxygen atoms in total. The predicted molar refractivity (Wildman–Crippen MR) is 101 cm³/mol. The standard InChI is InChI=1S/C20H25FN2O2S/c1-15-7-8-20(13-16(15)2)26(24,25)23-11-9-22(10-12-23)17(3)18-5-4-6-19(21)14-18/h4-8,13-14,17H,9-12H2,1-3H3. The Labute approximate surface area is 155 Å². The highest BCUT2D eigenvalue weighted by molar-refractivity contribution is 7.89. The lowest BCUT2D eigenvalue weighted by molar-refractivity contribution is 0.145. The molecule has 1 heterocycles. The number of sulfonamides is 1. The van der Waals surface area contributed by atoms with Crippen LogP contribution in [0.1, 0.15) is 29.7 Å². The van der Waals surface area contributed by atoms with Crippen molar-refractivity contribution in [3.05, 3.63) is 65.0 Å². The Morgan fingerprint density at radius 2 is 1.65 bits per heavy atom. The maximum absolute atomic E-state index is 13.5. The summed E-state index contributed by atoms with van der Waals surface area (Å²) in [6.07, 6.45) is 0. The van der Waals surface area contributed by atoms with E-state index in [1.54, 1.807) is 28.6 Å². The van der Waals surface area contributed by atoms with Crippen LogP contribution in [0.25, 0.3) is 0 Å². The molecule has 0 amide bonds. The number of aryl methyl sites for hydroxylation is 2. The van der Waals surface area contributed by atoms with Gasteiger partial charge in [0.05, 0.1) is 4.90 Å². The smallest absolute Gasteiger partial charge is 0.243 e. The van der Waals surface area contributed by atoms with Crippen LogP contribution in [0.3, 0.4) is 0 Å². The molecule has 0 saturated carbocycles. The van der Waals surface area contributed by atoms with E-state index in [1.165, 1.54) is 6.07 Å². The highest BCUT2D eigenvalue weighted by Gasteiger charge is 2.30. The van der Waals surface area contributed by atoms with Crippen LogP contribution < -0.4 is 0 Å². The van der Waals surface area contributed by atoms with Crippen molar-refractivity contribution in [1.82, 2.24) is 9.21 Å². The van der Waals surface area contributed by atoms with Gasteiger partial charge >= 0.3 is 0 Å². The second kappa shape index (κ2) is 7.47.